The second-order valence-electron chi connectivity index (χ2n) is 7.01. The minimum Gasteiger partial charge on any atom is -0.459 e. The average molecular weight is 309 g/mol. The van der Waals surface area contributed by atoms with E-state index in [1.54, 1.807) is 0 Å². The lowest BCUT2D eigenvalue weighted by atomic mass is 9.78. The van der Waals surface area contributed by atoms with Crippen molar-refractivity contribution >= 4 is 17.9 Å². The van der Waals surface area contributed by atoms with Gasteiger partial charge in [-0.25, -0.2) is 0 Å². The van der Waals surface area contributed by atoms with Crippen LogP contribution in [0.25, 0.3) is 0 Å². The average Bonchev–Trinajstić information content (AvgIpc) is 3.01. The highest BCUT2D eigenvalue weighted by molar-refractivity contribution is 5.86. The maximum atomic E-state index is 12.6. The highest BCUT2D eigenvalue weighted by Gasteiger charge is 2.70. The van der Waals surface area contributed by atoms with Crippen molar-refractivity contribution in [2.75, 3.05) is 0 Å². The first-order valence-corrected chi connectivity index (χ1v) is 7.71. The fourth-order valence-corrected chi connectivity index (χ4v) is 4.03. The molecule has 0 aromatic carbocycles. The molecule has 2 saturated carbocycles. The molecule has 3 rings (SSSR count). The number of carbonyl (C=O) groups excluding carboxylic acids is 3. The van der Waals surface area contributed by atoms with E-state index in [0.717, 1.165) is 0 Å². The van der Waals surface area contributed by atoms with Crippen LogP contribution in [0.5, 0.6) is 0 Å². The van der Waals surface area contributed by atoms with Gasteiger partial charge in [-0.2, -0.15) is 0 Å². The minimum absolute atomic E-state index is 0.0656. The van der Waals surface area contributed by atoms with Crippen molar-refractivity contribution in [3.05, 3.63) is 6.92 Å². The van der Waals surface area contributed by atoms with E-state index in [0.29, 0.717) is 12.8 Å². The molecule has 6 heteroatoms. The zero-order valence-electron chi connectivity index (χ0n) is 13.0. The standard InChI is InChI=1S/C16H21O6/c1-5-16(3,4)22-15(19)11-9-6-8-10(11)14(18)21-13(8)12(9)20-7(2)17/h8-13H,2,5-6H2,1,3-4H3. The summed E-state index contributed by atoms with van der Waals surface area (Å²) < 4.78 is 16.1. The lowest BCUT2D eigenvalue weighted by Crippen LogP contribution is -2.45. The molecular formula is C16H21O6. The third-order valence-electron chi connectivity index (χ3n) is 5.31. The van der Waals surface area contributed by atoms with E-state index in [-0.39, 0.29) is 17.8 Å². The van der Waals surface area contributed by atoms with Crippen molar-refractivity contribution < 1.29 is 28.6 Å². The second kappa shape index (κ2) is 4.96. The number of esters is 3. The van der Waals surface area contributed by atoms with Crippen LogP contribution in [0.15, 0.2) is 0 Å². The lowest BCUT2D eigenvalue weighted by molar-refractivity contribution is -0.171. The molecule has 1 heterocycles. The van der Waals surface area contributed by atoms with Gasteiger partial charge in [0.2, 0.25) is 0 Å². The summed E-state index contributed by atoms with van der Waals surface area (Å²) in [6, 6.07) is 0. The Hall–Kier alpha value is -1.59. The number of hydrogen-bond acceptors (Lipinski definition) is 6. The van der Waals surface area contributed by atoms with Gasteiger partial charge in [0.25, 0.3) is 0 Å². The molecule has 1 radical (unpaired) electrons. The molecule has 3 fully saturated rings. The Morgan fingerprint density at radius 1 is 1.36 bits per heavy atom. The zero-order chi connectivity index (χ0) is 16.2. The maximum Gasteiger partial charge on any atom is 0.310 e. The molecule has 0 amide bonds. The van der Waals surface area contributed by atoms with Gasteiger partial charge in [-0.15, -0.1) is 0 Å². The van der Waals surface area contributed by atoms with Crippen molar-refractivity contribution in [1.82, 2.24) is 0 Å². The first kappa shape index (κ1) is 15.3. The second-order valence-corrected chi connectivity index (χ2v) is 7.01. The number of rotatable bonds is 4. The van der Waals surface area contributed by atoms with E-state index in [4.69, 9.17) is 14.2 Å². The normalized spacial score (nSPS) is 38.8. The van der Waals surface area contributed by atoms with Gasteiger partial charge in [-0.3, -0.25) is 14.4 Å². The van der Waals surface area contributed by atoms with Crippen LogP contribution in [0.3, 0.4) is 0 Å². The van der Waals surface area contributed by atoms with Gasteiger partial charge < -0.3 is 14.2 Å². The van der Waals surface area contributed by atoms with Crippen molar-refractivity contribution in [2.45, 2.75) is 51.4 Å². The Kier molecular flexibility index (Phi) is 3.45. The summed E-state index contributed by atoms with van der Waals surface area (Å²) in [6.07, 6.45) is 0.302. The molecule has 0 spiro atoms. The summed E-state index contributed by atoms with van der Waals surface area (Å²) in [4.78, 5) is 35.9. The van der Waals surface area contributed by atoms with Crippen LogP contribution in [0.4, 0.5) is 0 Å². The maximum absolute atomic E-state index is 12.6. The summed E-state index contributed by atoms with van der Waals surface area (Å²) in [7, 11) is 0. The number of hydrogen-bond donors (Lipinski definition) is 0. The van der Waals surface area contributed by atoms with Crippen LogP contribution in [0, 0.1) is 30.6 Å². The third-order valence-corrected chi connectivity index (χ3v) is 5.31. The van der Waals surface area contributed by atoms with E-state index in [1.165, 1.54) is 0 Å². The third kappa shape index (κ3) is 2.20. The largest absolute Gasteiger partial charge is 0.459 e. The predicted octanol–water partition coefficient (Wildman–Crippen LogP) is 1.27. The van der Waals surface area contributed by atoms with E-state index >= 15 is 0 Å². The molecule has 1 aliphatic heterocycles. The Labute approximate surface area is 129 Å². The highest BCUT2D eigenvalue weighted by atomic mass is 16.6. The van der Waals surface area contributed by atoms with Crippen LogP contribution < -0.4 is 0 Å². The lowest BCUT2D eigenvalue weighted by Gasteiger charge is -2.32. The number of carbonyl (C=O) groups is 3. The summed E-state index contributed by atoms with van der Waals surface area (Å²) in [5, 5.41) is 0. The molecule has 1 saturated heterocycles. The van der Waals surface area contributed by atoms with E-state index in [2.05, 4.69) is 6.92 Å². The van der Waals surface area contributed by atoms with Crippen LogP contribution in [0.1, 0.15) is 33.6 Å². The summed E-state index contributed by atoms with van der Waals surface area (Å²) in [6.45, 7) is 8.81. The summed E-state index contributed by atoms with van der Waals surface area (Å²) >= 11 is 0. The van der Waals surface area contributed by atoms with Crippen LogP contribution in [-0.4, -0.2) is 35.7 Å². The molecule has 6 unspecified atom stereocenters. The fraction of sp³-hybridized carbons (Fsp3) is 0.750. The molecule has 2 aliphatic carbocycles. The minimum atomic E-state index is -0.668. The van der Waals surface area contributed by atoms with Crippen molar-refractivity contribution in [3.63, 3.8) is 0 Å². The Balaban J connectivity index is 1.84. The van der Waals surface area contributed by atoms with E-state index in [1.807, 2.05) is 20.8 Å². The quantitative estimate of drug-likeness (QED) is 0.575. The zero-order valence-corrected chi connectivity index (χ0v) is 13.0. The predicted molar refractivity (Wildman–Crippen MR) is 74.2 cm³/mol. The van der Waals surface area contributed by atoms with Gasteiger partial charge >= 0.3 is 17.9 Å². The van der Waals surface area contributed by atoms with Crippen molar-refractivity contribution in [2.24, 2.45) is 23.7 Å². The van der Waals surface area contributed by atoms with E-state index in [9.17, 15) is 14.4 Å². The first-order valence-electron chi connectivity index (χ1n) is 7.71. The Morgan fingerprint density at radius 3 is 2.64 bits per heavy atom. The van der Waals surface area contributed by atoms with Gasteiger partial charge in [0.1, 0.15) is 17.8 Å². The molecule has 2 bridgehead atoms. The molecule has 0 aromatic heterocycles. The van der Waals surface area contributed by atoms with Gasteiger partial charge in [-0.05, 0) is 26.7 Å². The Bertz CT molecular complexity index is 525. The van der Waals surface area contributed by atoms with Gasteiger partial charge in [0, 0.05) is 11.8 Å². The van der Waals surface area contributed by atoms with Crippen molar-refractivity contribution in [1.29, 1.82) is 0 Å². The molecule has 3 aliphatic rings. The SMILES string of the molecule is [CH2]C(=O)OC1C2CC3C1OC(=O)C3C2C(=O)OC(C)(C)CC. The fourth-order valence-electron chi connectivity index (χ4n) is 4.03. The molecule has 6 atom stereocenters. The van der Waals surface area contributed by atoms with Crippen LogP contribution in [0.2, 0.25) is 0 Å². The molecule has 0 aromatic rings. The molecule has 6 nitrogen and oxygen atoms in total. The number of fused-ring (bicyclic) bond motifs is 1. The van der Waals surface area contributed by atoms with Crippen molar-refractivity contribution in [3.8, 4) is 0 Å². The molecule has 121 valence electrons. The molecule has 0 N–H and O–H groups in total. The van der Waals surface area contributed by atoms with Gasteiger partial charge in [0.05, 0.1) is 18.8 Å². The van der Waals surface area contributed by atoms with E-state index < -0.39 is 41.6 Å². The topological polar surface area (TPSA) is 78.9 Å². The summed E-state index contributed by atoms with van der Waals surface area (Å²) in [5.74, 6) is -2.79. The van der Waals surface area contributed by atoms with Gasteiger partial charge in [-0.1, -0.05) is 6.92 Å². The number of ether oxygens (including phenoxy) is 3. The van der Waals surface area contributed by atoms with Crippen LogP contribution in [-0.2, 0) is 28.6 Å². The smallest absolute Gasteiger partial charge is 0.310 e. The monoisotopic (exact) mass is 309 g/mol. The van der Waals surface area contributed by atoms with Gasteiger partial charge in [0.15, 0.2) is 0 Å². The summed E-state index contributed by atoms with van der Waals surface area (Å²) in [5.41, 5.74) is -0.584. The van der Waals surface area contributed by atoms with Crippen LogP contribution >= 0.6 is 0 Å². The first-order chi connectivity index (χ1) is 10.2. The molecular weight excluding hydrogens is 288 g/mol. The Morgan fingerprint density at radius 2 is 2.05 bits per heavy atom. The highest BCUT2D eigenvalue weighted by Crippen LogP contribution is 2.59. The molecule has 22 heavy (non-hydrogen) atoms.